The molecule has 1 saturated heterocycles. The molecule has 11 heteroatoms. The van der Waals surface area contributed by atoms with Crippen LogP contribution in [-0.2, 0) is 10.0 Å². The van der Waals surface area contributed by atoms with Crippen LogP contribution in [0.1, 0.15) is 29.6 Å². The first kappa shape index (κ1) is 22.0. The van der Waals surface area contributed by atoms with Gasteiger partial charge in [0.05, 0.1) is 11.1 Å². The van der Waals surface area contributed by atoms with Crippen LogP contribution in [0.2, 0.25) is 0 Å². The predicted molar refractivity (Wildman–Crippen MR) is 116 cm³/mol. The lowest BCUT2D eigenvalue weighted by Crippen LogP contribution is -2.29. The number of aromatic nitrogens is 2. The SMILES string of the molecule is NS(=O)(=O)c1cc(NC(=O)c2cc3ccccc3nc2N2CCCC(F)(F)CC2)ccn1. The lowest BCUT2D eigenvalue weighted by molar-refractivity contribution is -0.0102. The topological polar surface area (TPSA) is 118 Å². The molecule has 0 spiro atoms. The Hall–Kier alpha value is -3.18. The maximum absolute atomic E-state index is 13.9. The number of fused-ring (bicyclic) bond motifs is 1. The van der Waals surface area contributed by atoms with E-state index in [-0.39, 0.29) is 42.1 Å². The summed E-state index contributed by atoms with van der Waals surface area (Å²) in [6.45, 7) is 0.398. The Kier molecular flexibility index (Phi) is 5.78. The Morgan fingerprint density at radius 2 is 1.91 bits per heavy atom. The van der Waals surface area contributed by atoms with Crippen LogP contribution in [0.25, 0.3) is 10.9 Å². The summed E-state index contributed by atoms with van der Waals surface area (Å²) in [5.41, 5.74) is 1.01. The second-order valence-electron chi connectivity index (χ2n) is 7.63. The molecule has 1 fully saturated rings. The summed E-state index contributed by atoms with van der Waals surface area (Å²) in [4.78, 5) is 23.2. The number of alkyl halides is 2. The quantitative estimate of drug-likeness (QED) is 0.616. The molecule has 1 aliphatic heterocycles. The van der Waals surface area contributed by atoms with E-state index < -0.39 is 21.9 Å². The molecular weight excluding hydrogens is 440 g/mol. The minimum atomic E-state index is -4.05. The predicted octanol–water partition coefficient (Wildman–Crippen LogP) is 3.16. The third-order valence-electron chi connectivity index (χ3n) is 5.25. The zero-order valence-corrected chi connectivity index (χ0v) is 17.8. The van der Waals surface area contributed by atoms with E-state index in [1.165, 1.54) is 12.3 Å². The van der Waals surface area contributed by atoms with Gasteiger partial charge in [0.15, 0.2) is 5.03 Å². The zero-order chi connectivity index (χ0) is 22.9. The molecule has 0 atom stereocenters. The highest BCUT2D eigenvalue weighted by atomic mass is 32.2. The number of anilines is 2. The van der Waals surface area contributed by atoms with Gasteiger partial charge < -0.3 is 10.2 Å². The number of nitrogens with zero attached hydrogens (tertiary/aromatic N) is 3. The maximum Gasteiger partial charge on any atom is 0.259 e. The average molecular weight is 461 g/mol. The standard InChI is InChI=1S/C21H21F2N5O3S/c22-21(23)7-3-10-28(11-8-21)19-16(12-14-4-1-2-5-17(14)27-19)20(29)26-15-6-9-25-18(13-15)32(24,30)31/h1-2,4-6,9,12-13H,3,7-8,10-11H2,(H2,24,30,31)(H,25,26,29). The number of amides is 1. The fourth-order valence-electron chi connectivity index (χ4n) is 3.63. The molecular formula is C21H21F2N5O3S. The van der Waals surface area contributed by atoms with E-state index in [0.29, 0.717) is 23.3 Å². The molecule has 0 aliphatic carbocycles. The van der Waals surface area contributed by atoms with Crippen molar-refractivity contribution < 1.29 is 22.0 Å². The van der Waals surface area contributed by atoms with E-state index in [2.05, 4.69) is 15.3 Å². The zero-order valence-electron chi connectivity index (χ0n) is 17.0. The molecule has 4 rings (SSSR count). The van der Waals surface area contributed by atoms with E-state index in [1.54, 1.807) is 35.2 Å². The van der Waals surface area contributed by atoms with Crippen molar-refractivity contribution in [2.75, 3.05) is 23.3 Å². The number of nitrogens with two attached hydrogens (primary N) is 1. The number of sulfonamides is 1. The van der Waals surface area contributed by atoms with Crippen molar-refractivity contribution in [3.63, 3.8) is 0 Å². The third kappa shape index (κ3) is 4.83. The number of pyridine rings is 2. The summed E-state index contributed by atoms with van der Waals surface area (Å²) in [5.74, 6) is -3.00. The number of carbonyl (C=O) groups excluding carboxylic acids is 1. The Bertz CT molecular complexity index is 1280. The second-order valence-corrected chi connectivity index (χ2v) is 9.14. The van der Waals surface area contributed by atoms with Crippen LogP contribution in [-0.4, -0.2) is 43.3 Å². The number of rotatable bonds is 4. The first-order valence-corrected chi connectivity index (χ1v) is 11.5. The van der Waals surface area contributed by atoms with Gasteiger partial charge in [-0.1, -0.05) is 18.2 Å². The van der Waals surface area contributed by atoms with Gasteiger partial charge in [-0.2, -0.15) is 0 Å². The van der Waals surface area contributed by atoms with Gasteiger partial charge in [-0.3, -0.25) is 4.79 Å². The van der Waals surface area contributed by atoms with Crippen LogP contribution in [0.15, 0.2) is 53.7 Å². The van der Waals surface area contributed by atoms with Gasteiger partial charge in [0.2, 0.25) is 5.92 Å². The molecule has 32 heavy (non-hydrogen) atoms. The number of benzene rings is 1. The van der Waals surface area contributed by atoms with Crippen LogP contribution in [0.3, 0.4) is 0 Å². The second kappa shape index (κ2) is 8.40. The van der Waals surface area contributed by atoms with Crippen LogP contribution in [0.5, 0.6) is 0 Å². The highest BCUT2D eigenvalue weighted by Gasteiger charge is 2.33. The van der Waals surface area contributed by atoms with Crippen molar-refractivity contribution >= 4 is 38.3 Å². The fraction of sp³-hybridized carbons (Fsp3) is 0.286. The molecule has 0 bridgehead atoms. The highest BCUT2D eigenvalue weighted by Crippen LogP contribution is 2.32. The van der Waals surface area contributed by atoms with Crippen LogP contribution >= 0.6 is 0 Å². The summed E-state index contributed by atoms with van der Waals surface area (Å²) in [5, 5.41) is 8.06. The minimum absolute atomic E-state index is 0.0590. The maximum atomic E-state index is 13.9. The molecule has 0 radical (unpaired) electrons. The number of hydrogen-bond donors (Lipinski definition) is 2. The summed E-state index contributed by atoms with van der Waals surface area (Å²) < 4.78 is 50.9. The molecule has 8 nitrogen and oxygen atoms in total. The Morgan fingerprint density at radius 1 is 1.12 bits per heavy atom. The Morgan fingerprint density at radius 3 is 2.69 bits per heavy atom. The van der Waals surface area contributed by atoms with Gasteiger partial charge in [0, 0.05) is 49.3 Å². The van der Waals surface area contributed by atoms with Gasteiger partial charge in [0.25, 0.3) is 15.9 Å². The van der Waals surface area contributed by atoms with Crippen molar-refractivity contribution in [2.24, 2.45) is 5.14 Å². The van der Waals surface area contributed by atoms with E-state index >= 15 is 0 Å². The van der Waals surface area contributed by atoms with Crippen molar-refractivity contribution in [3.8, 4) is 0 Å². The number of hydrogen-bond acceptors (Lipinski definition) is 6. The largest absolute Gasteiger partial charge is 0.356 e. The molecule has 1 aliphatic rings. The first-order valence-electron chi connectivity index (χ1n) is 9.95. The van der Waals surface area contributed by atoms with E-state index in [1.807, 2.05) is 0 Å². The number of para-hydroxylation sites is 1. The van der Waals surface area contributed by atoms with E-state index in [4.69, 9.17) is 5.14 Å². The van der Waals surface area contributed by atoms with Crippen molar-refractivity contribution in [2.45, 2.75) is 30.2 Å². The van der Waals surface area contributed by atoms with E-state index in [0.717, 1.165) is 6.07 Å². The molecule has 0 unspecified atom stereocenters. The molecule has 168 valence electrons. The van der Waals surface area contributed by atoms with E-state index in [9.17, 15) is 22.0 Å². The highest BCUT2D eigenvalue weighted by molar-refractivity contribution is 7.89. The smallest absolute Gasteiger partial charge is 0.259 e. The molecule has 2 aromatic heterocycles. The molecule has 3 aromatic rings. The van der Waals surface area contributed by atoms with Crippen molar-refractivity contribution in [1.29, 1.82) is 0 Å². The number of halogens is 2. The molecule has 1 amide bonds. The minimum Gasteiger partial charge on any atom is -0.356 e. The van der Waals surface area contributed by atoms with Gasteiger partial charge in [-0.05, 0) is 24.6 Å². The lowest BCUT2D eigenvalue weighted by atomic mass is 10.1. The average Bonchev–Trinajstić information content (AvgIpc) is 2.92. The van der Waals surface area contributed by atoms with Gasteiger partial charge >= 0.3 is 0 Å². The summed E-state index contributed by atoms with van der Waals surface area (Å²) in [7, 11) is -4.05. The number of primary sulfonamides is 1. The van der Waals surface area contributed by atoms with Gasteiger partial charge in [-0.15, -0.1) is 0 Å². The van der Waals surface area contributed by atoms with Crippen LogP contribution in [0.4, 0.5) is 20.3 Å². The third-order valence-corrected chi connectivity index (χ3v) is 6.06. The van der Waals surface area contributed by atoms with Crippen LogP contribution in [0, 0.1) is 0 Å². The summed E-state index contributed by atoms with van der Waals surface area (Å²) >= 11 is 0. The molecule has 1 aromatic carbocycles. The Balaban J connectivity index is 1.72. The number of nitrogens with one attached hydrogen (secondary N) is 1. The first-order chi connectivity index (χ1) is 15.1. The van der Waals surface area contributed by atoms with Gasteiger partial charge in [-0.25, -0.2) is 32.3 Å². The van der Waals surface area contributed by atoms with Crippen molar-refractivity contribution in [1.82, 2.24) is 9.97 Å². The molecule has 3 N–H and O–H groups in total. The van der Waals surface area contributed by atoms with Gasteiger partial charge in [0.1, 0.15) is 5.82 Å². The normalized spacial score (nSPS) is 16.5. The Labute approximate surface area is 183 Å². The fourth-order valence-corrected chi connectivity index (χ4v) is 4.13. The molecule has 3 heterocycles. The lowest BCUT2D eigenvalue weighted by Gasteiger charge is -2.24. The number of carbonyl (C=O) groups is 1. The summed E-state index contributed by atoms with van der Waals surface area (Å²) in [6, 6.07) is 11.4. The monoisotopic (exact) mass is 461 g/mol. The summed E-state index contributed by atoms with van der Waals surface area (Å²) in [6.07, 6.45) is 0.938. The molecule has 0 saturated carbocycles. The van der Waals surface area contributed by atoms with Crippen molar-refractivity contribution in [3.05, 3.63) is 54.2 Å². The van der Waals surface area contributed by atoms with Crippen LogP contribution < -0.4 is 15.4 Å².